The summed E-state index contributed by atoms with van der Waals surface area (Å²) in [5.74, 6) is 0.136. The van der Waals surface area contributed by atoms with E-state index in [4.69, 9.17) is 14.9 Å². The van der Waals surface area contributed by atoms with Gasteiger partial charge in [0.1, 0.15) is 17.9 Å². The zero-order chi connectivity index (χ0) is 22.0. The normalized spacial score (nSPS) is 12.3. The second-order valence-corrected chi connectivity index (χ2v) is 8.15. The Morgan fingerprint density at radius 2 is 1.79 bits per heavy atom. The Kier molecular flexibility index (Phi) is 9.43. The summed E-state index contributed by atoms with van der Waals surface area (Å²) in [5.41, 5.74) is 4.49. The van der Waals surface area contributed by atoms with Crippen LogP contribution in [-0.4, -0.2) is 41.7 Å². The fraction of sp³-hybridized carbons (Fsp3) is 0.684. The van der Waals surface area contributed by atoms with E-state index >= 15 is 0 Å². The second kappa shape index (κ2) is 11.3. The fourth-order valence-electron chi connectivity index (χ4n) is 2.45. The Balaban J connectivity index is 2.61. The van der Waals surface area contributed by atoms with Crippen molar-refractivity contribution in [1.29, 1.82) is 0 Å². The van der Waals surface area contributed by atoms with E-state index in [0.717, 1.165) is 0 Å². The molecule has 0 saturated carbocycles. The molecule has 0 unspecified atom stereocenters. The van der Waals surface area contributed by atoms with Crippen LogP contribution in [0.25, 0.3) is 0 Å². The number of oxazole rings is 1. The number of nitrogens with one attached hydrogen (secondary N) is 3. The number of carbonyl (C=O) groups is 3. The molecular weight excluding hydrogens is 378 g/mol. The predicted molar refractivity (Wildman–Crippen MR) is 107 cm³/mol. The standard InChI is InChI=1S/C19H33N5O5/c1-12(2)10-13(24-18(27)29-19(3,4)5)16-23-14(11-28-16)15(25)21-8-6-7-9-22-17(20)26/h11-13H,6-10H2,1-5H3,(H,21,25)(H,24,27)(H3,20,22,26)/t13-/m0/s1. The summed E-state index contributed by atoms with van der Waals surface area (Å²) in [4.78, 5) is 39.1. The van der Waals surface area contributed by atoms with Crippen LogP contribution in [0, 0.1) is 5.92 Å². The van der Waals surface area contributed by atoms with Gasteiger partial charge in [0.15, 0.2) is 5.69 Å². The molecule has 1 atom stereocenters. The first-order chi connectivity index (χ1) is 13.5. The number of unbranched alkanes of at least 4 members (excludes halogenated alkanes) is 1. The van der Waals surface area contributed by atoms with Crippen LogP contribution >= 0.6 is 0 Å². The molecule has 10 nitrogen and oxygen atoms in total. The number of urea groups is 1. The summed E-state index contributed by atoms with van der Waals surface area (Å²) in [6, 6.07) is -1.08. The van der Waals surface area contributed by atoms with Gasteiger partial charge in [-0.15, -0.1) is 0 Å². The molecule has 0 radical (unpaired) electrons. The van der Waals surface area contributed by atoms with Gasteiger partial charge >= 0.3 is 12.1 Å². The third-order valence-corrected chi connectivity index (χ3v) is 3.64. The Morgan fingerprint density at radius 3 is 2.34 bits per heavy atom. The maximum atomic E-state index is 12.2. The van der Waals surface area contributed by atoms with Gasteiger partial charge in [-0.25, -0.2) is 14.6 Å². The van der Waals surface area contributed by atoms with Crippen LogP contribution in [0.5, 0.6) is 0 Å². The molecular formula is C19H33N5O5. The maximum Gasteiger partial charge on any atom is 0.408 e. The highest BCUT2D eigenvalue weighted by molar-refractivity contribution is 5.91. The molecule has 1 rings (SSSR count). The van der Waals surface area contributed by atoms with Crippen molar-refractivity contribution >= 4 is 18.0 Å². The summed E-state index contributed by atoms with van der Waals surface area (Å²) in [6.07, 6.45) is 2.63. The van der Waals surface area contributed by atoms with Crippen LogP contribution in [0.4, 0.5) is 9.59 Å². The summed E-state index contributed by atoms with van der Waals surface area (Å²) >= 11 is 0. The van der Waals surface area contributed by atoms with Gasteiger partial charge in [0.2, 0.25) is 5.89 Å². The molecule has 0 spiro atoms. The van der Waals surface area contributed by atoms with E-state index in [0.29, 0.717) is 32.4 Å². The van der Waals surface area contributed by atoms with Gasteiger partial charge < -0.3 is 30.8 Å². The molecule has 0 saturated heterocycles. The van der Waals surface area contributed by atoms with Crippen molar-refractivity contribution in [2.75, 3.05) is 13.1 Å². The van der Waals surface area contributed by atoms with Gasteiger partial charge in [0.25, 0.3) is 5.91 Å². The SMILES string of the molecule is CC(C)C[C@H](NC(=O)OC(C)(C)C)c1nc(C(=O)NCCCCNC(N)=O)co1. The number of ether oxygens (including phenoxy) is 1. The first-order valence-electron chi connectivity index (χ1n) is 9.74. The van der Waals surface area contributed by atoms with Gasteiger partial charge in [-0.1, -0.05) is 13.8 Å². The Labute approximate surface area is 171 Å². The highest BCUT2D eigenvalue weighted by Crippen LogP contribution is 2.22. The molecule has 1 aromatic heterocycles. The summed E-state index contributed by atoms with van der Waals surface area (Å²) in [6.45, 7) is 10.2. The van der Waals surface area contributed by atoms with Crippen LogP contribution in [0.1, 0.15) is 76.3 Å². The molecule has 4 amide bonds. The Morgan fingerprint density at radius 1 is 1.17 bits per heavy atom. The van der Waals surface area contributed by atoms with E-state index in [9.17, 15) is 14.4 Å². The number of hydrogen-bond donors (Lipinski definition) is 4. The minimum absolute atomic E-state index is 0.134. The minimum Gasteiger partial charge on any atom is -0.446 e. The van der Waals surface area contributed by atoms with E-state index in [2.05, 4.69) is 20.9 Å². The van der Waals surface area contributed by atoms with Crippen LogP contribution in [0.15, 0.2) is 10.7 Å². The van der Waals surface area contributed by atoms with Gasteiger partial charge in [0, 0.05) is 13.1 Å². The third-order valence-electron chi connectivity index (χ3n) is 3.64. The number of hydrogen-bond acceptors (Lipinski definition) is 6. The van der Waals surface area contributed by atoms with Crippen molar-refractivity contribution in [3.8, 4) is 0 Å². The number of alkyl carbamates (subject to hydrolysis) is 1. The van der Waals surface area contributed by atoms with Gasteiger partial charge in [-0.3, -0.25) is 4.79 Å². The van der Waals surface area contributed by atoms with E-state index in [1.54, 1.807) is 20.8 Å². The molecule has 0 aliphatic heterocycles. The lowest BCUT2D eigenvalue weighted by Gasteiger charge is -2.23. The fourth-order valence-corrected chi connectivity index (χ4v) is 2.45. The number of primary amides is 1. The zero-order valence-corrected chi connectivity index (χ0v) is 17.8. The van der Waals surface area contributed by atoms with E-state index in [-0.39, 0.29) is 23.4 Å². The quantitative estimate of drug-likeness (QED) is 0.435. The smallest absolute Gasteiger partial charge is 0.408 e. The second-order valence-electron chi connectivity index (χ2n) is 8.15. The molecule has 0 bridgehead atoms. The molecule has 0 aliphatic rings. The summed E-state index contributed by atoms with van der Waals surface area (Å²) in [5, 5.41) is 7.97. The monoisotopic (exact) mass is 411 g/mol. The maximum absolute atomic E-state index is 12.2. The molecule has 1 aromatic rings. The topological polar surface area (TPSA) is 149 Å². The van der Waals surface area contributed by atoms with Crippen molar-refractivity contribution in [3.05, 3.63) is 17.8 Å². The van der Waals surface area contributed by atoms with E-state index < -0.39 is 23.8 Å². The number of amides is 4. The minimum atomic E-state index is -0.624. The van der Waals surface area contributed by atoms with Crippen molar-refractivity contribution in [1.82, 2.24) is 20.9 Å². The zero-order valence-electron chi connectivity index (χ0n) is 17.8. The number of carbonyl (C=O) groups excluding carboxylic acids is 3. The molecule has 5 N–H and O–H groups in total. The predicted octanol–water partition coefficient (Wildman–Crippen LogP) is 2.46. The highest BCUT2D eigenvalue weighted by Gasteiger charge is 2.25. The van der Waals surface area contributed by atoms with Crippen molar-refractivity contribution in [3.63, 3.8) is 0 Å². The molecule has 1 heterocycles. The number of aromatic nitrogens is 1. The molecule has 0 aliphatic carbocycles. The van der Waals surface area contributed by atoms with Crippen LogP contribution in [0.2, 0.25) is 0 Å². The van der Waals surface area contributed by atoms with Crippen molar-refractivity contribution in [2.24, 2.45) is 11.7 Å². The lowest BCUT2D eigenvalue weighted by molar-refractivity contribution is 0.0488. The number of nitrogens with two attached hydrogens (primary N) is 1. The lowest BCUT2D eigenvalue weighted by Crippen LogP contribution is -2.35. The van der Waals surface area contributed by atoms with Crippen LogP contribution < -0.4 is 21.7 Å². The highest BCUT2D eigenvalue weighted by atomic mass is 16.6. The first-order valence-corrected chi connectivity index (χ1v) is 9.74. The van der Waals surface area contributed by atoms with Crippen molar-refractivity contribution in [2.45, 2.75) is 65.5 Å². The largest absolute Gasteiger partial charge is 0.446 e. The number of rotatable bonds is 10. The number of nitrogens with zero attached hydrogens (tertiary/aromatic N) is 1. The van der Waals surface area contributed by atoms with Crippen LogP contribution in [0.3, 0.4) is 0 Å². The van der Waals surface area contributed by atoms with Crippen molar-refractivity contribution < 1.29 is 23.5 Å². The molecule has 0 fully saturated rings. The molecule has 164 valence electrons. The Bertz CT molecular complexity index is 681. The van der Waals surface area contributed by atoms with Crippen LogP contribution in [-0.2, 0) is 4.74 Å². The molecule has 10 heteroatoms. The summed E-state index contributed by atoms with van der Waals surface area (Å²) in [7, 11) is 0. The first kappa shape index (κ1) is 24.3. The van der Waals surface area contributed by atoms with Gasteiger partial charge in [-0.2, -0.15) is 0 Å². The summed E-state index contributed by atoms with van der Waals surface area (Å²) < 4.78 is 10.7. The Hall–Kier alpha value is -2.78. The average molecular weight is 412 g/mol. The molecule has 0 aromatic carbocycles. The van der Waals surface area contributed by atoms with E-state index in [1.165, 1.54) is 6.26 Å². The lowest BCUT2D eigenvalue weighted by atomic mass is 10.0. The van der Waals surface area contributed by atoms with Gasteiger partial charge in [0.05, 0.1) is 0 Å². The average Bonchev–Trinajstić information content (AvgIpc) is 3.05. The molecule has 29 heavy (non-hydrogen) atoms. The third kappa shape index (κ3) is 10.4. The van der Waals surface area contributed by atoms with Gasteiger partial charge in [-0.05, 0) is 46.0 Å². The van der Waals surface area contributed by atoms with E-state index in [1.807, 2.05) is 13.8 Å².